The Kier molecular flexibility index (Phi) is 7.95. The van der Waals surface area contributed by atoms with Gasteiger partial charge < -0.3 is 23.5 Å². The summed E-state index contributed by atoms with van der Waals surface area (Å²) in [7, 11) is -0.369. The van der Waals surface area contributed by atoms with E-state index in [1.165, 1.54) is 0 Å². The number of rotatable bonds is 11. The Bertz CT molecular complexity index is 616. The molecule has 0 atom stereocenters. The molecule has 0 aliphatic carbocycles. The van der Waals surface area contributed by atoms with Gasteiger partial charge in [0.05, 0.1) is 37.6 Å². The molecule has 9 heteroatoms. The van der Waals surface area contributed by atoms with E-state index in [0.717, 1.165) is 11.2 Å². The third-order valence-electron chi connectivity index (χ3n) is 4.67. The van der Waals surface area contributed by atoms with Gasteiger partial charge in [0, 0.05) is 11.5 Å². The monoisotopic (exact) mass is 377 g/mol. The van der Waals surface area contributed by atoms with Crippen LogP contribution in [-0.4, -0.2) is 57.9 Å². The van der Waals surface area contributed by atoms with Crippen molar-refractivity contribution in [3.05, 3.63) is 34.7 Å². The first kappa shape index (κ1) is 21.5. The van der Waals surface area contributed by atoms with E-state index in [2.05, 4.69) is 10.0 Å². The van der Waals surface area contributed by atoms with Crippen LogP contribution in [0.5, 0.6) is 5.75 Å². The summed E-state index contributed by atoms with van der Waals surface area (Å²) in [5.41, 5.74) is 8.39. The van der Waals surface area contributed by atoms with Crippen molar-refractivity contribution < 1.29 is 23.5 Å². The molecule has 1 aliphatic heterocycles. The fourth-order valence-electron chi connectivity index (χ4n) is 2.39. The minimum absolute atomic E-state index is 0.335. The quantitative estimate of drug-likeness (QED) is 0.194. The van der Waals surface area contributed by atoms with Crippen molar-refractivity contribution in [1.82, 2.24) is 0 Å². The molecule has 0 N–H and O–H groups in total. The molecule has 2 rings (SSSR count). The Morgan fingerprint density at radius 3 is 2.07 bits per heavy atom. The first-order valence-corrected chi connectivity index (χ1v) is 9.10. The van der Waals surface area contributed by atoms with E-state index < -0.39 is 0 Å². The fraction of sp³-hybridized carbons (Fsp3) is 0.667. The van der Waals surface area contributed by atoms with Crippen molar-refractivity contribution in [2.75, 3.05) is 39.6 Å². The average Bonchev–Trinajstić information content (AvgIpc) is 2.85. The molecule has 1 fully saturated rings. The zero-order chi connectivity index (χ0) is 19.8. The lowest BCUT2D eigenvalue weighted by atomic mass is 9.79. The standard InChI is InChI=1S/C18H28BN3O5/c1-17(2)18(3,4)27-19(26-17)15-5-7-16(8-6-15)25-14-13-24-12-11-23-10-9-21-22-20/h5-8H,9-14H2,1-4H3. The maximum Gasteiger partial charge on any atom is 0.494 e. The third-order valence-corrected chi connectivity index (χ3v) is 4.67. The number of ether oxygens (including phenoxy) is 3. The van der Waals surface area contributed by atoms with Gasteiger partial charge in [-0.05, 0) is 50.8 Å². The van der Waals surface area contributed by atoms with Gasteiger partial charge in [0.1, 0.15) is 12.4 Å². The van der Waals surface area contributed by atoms with E-state index in [0.29, 0.717) is 39.6 Å². The third kappa shape index (κ3) is 6.41. The average molecular weight is 377 g/mol. The molecule has 27 heavy (non-hydrogen) atoms. The van der Waals surface area contributed by atoms with Crippen LogP contribution in [0.25, 0.3) is 10.4 Å². The minimum atomic E-state index is -0.369. The number of azide groups is 1. The maximum atomic E-state index is 8.12. The second kappa shape index (κ2) is 9.96. The van der Waals surface area contributed by atoms with Crippen LogP contribution in [-0.2, 0) is 18.8 Å². The van der Waals surface area contributed by atoms with Crippen LogP contribution in [0.4, 0.5) is 0 Å². The molecular formula is C18H28BN3O5. The Labute approximate surface area is 160 Å². The van der Waals surface area contributed by atoms with Crippen LogP contribution in [0.15, 0.2) is 29.4 Å². The smallest absolute Gasteiger partial charge is 0.491 e. The highest BCUT2D eigenvalue weighted by Crippen LogP contribution is 2.36. The summed E-state index contributed by atoms with van der Waals surface area (Å²) in [4.78, 5) is 2.65. The topological polar surface area (TPSA) is 94.9 Å². The fourth-order valence-corrected chi connectivity index (χ4v) is 2.39. The summed E-state index contributed by atoms with van der Waals surface area (Å²) in [6.45, 7) is 10.7. The molecule has 1 aliphatic rings. The van der Waals surface area contributed by atoms with E-state index >= 15 is 0 Å². The van der Waals surface area contributed by atoms with Gasteiger partial charge in [-0.1, -0.05) is 17.2 Å². The summed E-state index contributed by atoms with van der Waals surface area (Å²) >= 11 is 0. The summed E-state index contributed by atoms with van der Waals surface area (Å²) in [6.07, 6.45) is 0. The SMILES string of the molecule is CC1(C)OB(c2ccc(OCCOCCOCCN=[N+]=[N-])cc2)OC1(C)C. The molecule has 0 aromatic heterocycles. The van der Waals surface area contributed by atoms with Gasteiger partial charge in [0.25, 0.3) is 0 Å². The Morgan fingerprint density at radius 1 is 0.926 bits per heavy atom. The van der Waals surface area contributed by atoms with E-state index in [1.54, 1.807) is 0 Å². The van der Waals surface area contributed by atoms with Crippen molar-refractivity contribution in [3.63, 3.8) is 0 Å². The molecule has 1 heterocycles. The second-order valence-corrected chi connectivity index (χ2v) is 7.18. The predicted molar refractivity (Wildman–Crippen MR) is 103 cm³/mol. The van der Waals surface area contributed by atoms with Gasteiger partial charge in [-0.15, -0.1) is 0 Å². The lowest BCUT2D eigenvalue weighted by molar-refractivity contribution is 0.00578. The molecule has 1 aromatic rings. The van der Waals surface area contributed by atoms with Gasteiger partial charge in [0.15, 0.2) is 0 Å². The van der Waals surface area contributed by atoms with E-state index in [4.69, 9.17) is 29.1 Å². The molecule has 0 bridgehead atoms. The summed E-state index contributed by atoms with van der Waals surface area (Å²) in [5.74, 6) is 0.768. The Hall–Kier alpha value is -1.77. The largest absolute Gasteiger partial charge is 0.494 e. The number of benzene rings is 1. The summed E-state index contributed by atoms with van der Waals surface area (Å²) in [6, 6.07) is 7.71. The lowest BCUT2D eigenvalue weighted by Crippen LogP contribution is -2.41. The van der Waals surface area contributed by atoms with Crippen molar-refractivity contribution in [3.8, 4) is 5.75 Å². The van der Waals surface area contributed by atoms with Crippen molar-refractivity contribution >= 4 is 12.6 Å². The molecule has 148 valence electrons. The Balaban J connectivity index is 1.63. The molecule has 0 radical (unpaired) electrons. The first-order chi connectivity index (χ1) is 12.9. The first-order valence-electron chi connectivity index (χ1n) is 9.10. The zero-order valence-corrected chi connectivity index (χ0v) is 16.5. The van der Waals surface area contributed by atoms with Crippen LogP contribution in [0.3, 0.4) is 0 Å². The van der Waals surface area contributed by atoms with Crippen LogP contribution >= 0.6 is 0 Å². The molecule has 0 amide bonds. The molecule has 0 saturated carbocycles. The van der Waals surface area contributed by atoms with Crippen LogP contribution in [0.2, 0.25) is 0 Å². The van der Waals surface area contributed by atoms with Gasteiger partial charge in [0.2, 0.25) is 0 Å². The van der Waals surface area contributed by atoms with Gasteiger partial charge in [-0.3, -0.25) is 0 Å². The highest BCUT2D eigenvalue weighted by atomic mass is 16.7. The van der Waals surface area contributed by atoms with Crippen LogP contribution < -0.4 is 10.2 Å². The number of hydrogen-bond donors (Lipinski definition) is 0. The van der Waals surface area contributed by atoms with Crippen molar-refractivity contribution in [2.45, 2.75) is 38.9 Å². The van der Waals surface area contributed by atoms with Gasteiger partial charge in [-0.2, -0.15) is 0 Å². The zero-order valence-electron chi connectivity index (χ0n) is 16.5. The van der Waals surface area contributed by atoms with E-state index in [9.17, 15) is 0 Å². The van der Waals surface area contributed by atoms with Gasteiger partial charge >= 0.3 is 7.12 Å². The lowest BCUT2D eigenvalue weighted by Gasteiger charge is -2.32. The predicted octanol–water partition coefficient (Wildman–Crippen LogP) is 2.71. The molecule has 0 unspecified atom stereocenters. The summed E-state index contributed by atoms with van der Waals surface area (Å²) < 4.78 is 28.4. The van der Waals surface area contributed by atoms with Crippen molar-refractivity contribution in [1.29, 1.82) is 0 Å². The Morgan fingerprint density at radius 2 is 1.48 bits per heavy atom. The molecule has 0 spiro atoms. The van der Waals surface area contributed by atoms with Crippen molar-refractivity contribution in [2.24, 2.45) is 5.11 Å². The van der Waals surface area contributed by atoms with Gasteiger partial charge in [-0.25, -0.2) is 0 Å². The van der Waals surface area contributed by atoms with E-state index in [-0.39, 0.29) is 18.3 Å². The van der Waals surface area contributed by atoms with Crippen LogP contribution in [0.1, 0.15) is 27.7 Å². The number of nitrogens with zero attached hydrogens (tertiary/aromatic N) is 3. The molecule has 8 nitrogen and oxygen atoms in total. The molecule has 1 aromatic carbocycles. The maximum absolute atomic E-state index is 8.12. The summed E-state index contributed by atoms with van der Waals surface area (Å²) in [5, 5.41) is 3.38. The minimum Gasteiger partial charge on any atom is -0.491 e. The molecule has 1 saturated heterocycles. The molecular weight excluding hydrogens is 349 g/mol. The second-order valence-electron chi connectivity index (χ2n) is 7.18. The van der Waals surface area contributed by atoms with E-state index in [1.807, 2.05) is 52.0 Å². The number of hydrogen-bond acceptors (Lipinski definition) is 6. The highest BCUT2D eigenvalue weighted by molar-refractivity contribution is 6.62. The normalized spacial score (nSPS) is 17.6. The highest BCUT2D eigenvalue weighted by Gasteiger charge is 2.51. The van der Waals surface area contributed by atoms with Crippen LogP contribution in [0, 0.1) is 0 Å².